The normalized spacial score (nSPS) is 12.3. The van der Waals surface area contributed by atoms with Gasteiger partial charge in [0.05, 0.1) is 5.52 Å². The van der Waals surface area contributed by atoms with Gasteiger partial charge in [-0.2, -0.15) is 5.10 Å². The van der Waals surface area contributed by atoms with Crippen LogP contribution in [0.25, 0.3) is 10.9 Å². The summed E-state index contributed by atoms with van der Waals surface area (Å²) in [6.45, 7) is 5.29. The topological polar surface area (TPSA) is 110 Å². The minimum Gasteiger partial charge on any atom is -0.447 e. The maximum Gasteiger partial charge on any atom is 0.360 e. The van der Waals surface area contributed by atoms with Crippen LogP contribution < -0.4 is 5.32 Å². The Hall–Kier alpha value is -3.16. The lowest BCUT2D eigenvalue weighted by Gasteiger charge is -2.19. The van der Waals surface area contributed by atoms with Gasteiger partial charge in [-0.1, -0.05) is 37.2 Å². The average Bonchev–Trinajstić information content (AvgIpc) is 3.18. The Bertz CT molecular complexity index is 912. The third-order valence-electron chi connectivity index (χ3n) is 3.64. The molecule has 0 aliphatic carbocycles. The van der Waals surface area contributed by atoms with Crippen LogP contribution in [0, 0.1) is 12.8 Å². The number of ether oxygens (including phenoxy) is 1. The molecule has 130 valence electrons. The van der Waals surface area contributed by atoms with Gasteiger partial charge in [-0.25, -0.2) is 4.79 Å². The summed E-state index contributed by atoms with van der Waals surface area (Å²) in [4.78, 5) is 24.9. The minimum absolute atomic E-state index is 0.145. The second kappa shape index (κ2) is 6.76. The van der Waals surface area contributed by atoms with Crippen molar-refractivity contribution in [3.8, 4) is 0 Å². The number of aryl methyl sites for hydroxylation is 1. The largest absolute Gasteiger partial charge is 0.447 e. The maximum atomic E-state index is 12.5. The highest BCUT2D eigenvalue weighted by Gasteiger charge is 2.29. The highest BCUT2D eigenvalue weighted by Crippen LogP contribution is 2.19. The molecule has 8 heteroatoms. The van der Waals surface area contributed by atoms with Crippen LogP contribution in [0.4, 0.5) is 5.82 Å². The molecule has 0 radical (unpaired) electrons. The monoisotopic (exact) mass is 342 g/mol. The van der Waals surface area contributed by atoms with Crippen molar-refractivity contribution in [3.05, 3.63) is 41.8 Å². The second-order valence-corrected chi connectivity index (χ2v) is 6.00. The smallest absolute Gasteiger partial charge is 0.360 e. The number of para-hydroxylation sites is 1. The van der Waals surface area contributed by atoms with E-state index in [0.717, 1.165) is 5.52 Å². The van der Waals surface area contributed by atoms with Crippen molar-refractivity contribution in [3.63, 3.8) is 0 Å². The number of aromatic nitrogens is 3. The lowest BCUT2D eigenvalue weighted by molar-refractivity contribution is -0.126. The van der Waals surface area contributed by atoms with Crippen molar-refractivity contribution >= 4 is 28.6 Å². The lowest BCUT2D eigenvalue weighted by Crippen LogP contribution is -2.36. The van der Waals surface area contributed by atoms with Gasteiger partial charge < -0.3 is 14.6 Å². The number of carbonyl (C=O) groups excluding carboxylic acids is 2. The van der Waals surface area contributed by atoms with E-state index in [-0.39, 0.29) is 17.4 Å². The highest BCUT2D eigenvalue weighted by atomic mass is 16.5. The van der Waals surface area contributed by atoms with Gasteiger partial charge in [0.2, 0.25) is 0 Å². The predicted molar refractivity (Wildman–Crippen MR) is 90.0 cm³/mol. The maximum absolute atomic E-state index is 12.5. The molecule has 0 fully saturated rings. The molecule has 0 aliphatic heterocycles. The zero-order chi connectivity index (χ0) is 18.0. The van der Waals surface area contributed by atoms with E-state index in [1.54, 1.807) is 45.0 Å². The molecule has 0 bridgehead atoms. The van der Waals surface area contributed by atoms with E-state index in [2.05, 4.69) is 20.7 Å². The minimum atomic E-state index is -0.986. The van der Waals surface area contributed by atoms with Gasteiger partial charge in [0.1, 0.15) is 5.76 Å². The number of nitrogens with zero attached hydrogens (tertiary/aromatic N) is 2. The fourth-order valence-corrected chi connectivity index (χ4v) is 2.41. The SMILES string of the molecule is Cc1cc(NC(=O)C(OC(=O)c2n[nH]c3ccccc23)C(C)C)no1. The number of nitrogens with one attached hydrogen (secondary N) is 2. The summed E-state index contributed by atoms with van der Waals surface area (Å²) in [5, 5.41) is 13.7. The molecule has 1 atom stereocenters. The molecule has 8 nitrogen and oxygen atoms in total. The lowest BCUT2D eigenvalue weighted by atomic mass is 10.1. The van der Waals surface area contributed by atoms with Crippen LogP contribution in [0.2, 0.25) is 0 Å². The fourth-order valence-electron chi connectivity index (χ4n) is 2.41. The first-order valence-corrected chi connectivity index (χ1v) is 7.84. The zero-order valence-electron chi connectivity index (χ0n) is 14.1. The van der Waals surface area contributed by atoms with Crippen LogP contribution in [-0.4, -0.2) is 33.3 Å². The molecule has 0 saturated carbocycles. The molecule has 25 heavy (non-hydrogen) atoms. The van der Waals surface area contributed by atoms with Crippen LogP contribution in [0.3, 0.4) is 0 Å². The van der Waals surface area contributed by atoms with Gasteiger partial charge in [0.15, 0.2) is 17.6 Å². The van der Waals surface area contributed by atoms with E-state index in [9.17, 15) is 9.59 Å². The number of hydrogen-bond donors (Lipinski definition) is 2. The van der Waals surface area contributed by atoms with Crippen molar-refractivity contribution in [1.29, 1.82) is 0 Å². The molecule has 1 unspecified atom stereocenters. The summed E-state index contributed by atoms with van der Waals surface area (Å²) in [6, 6.07) is 8.78. The van der Waals surface area contributed by atoms with Crippen LogP contribution in [-0.2, 0) is 9.53 Å². The van der Waals surface area contributed by atoms with Gasteiger partial charge >= 0.3 is 5.97 Å². The van der Waals surface area contributed by atoms with Gasteiger partial charge in [-0.05, 0) is 18.9 Å². The van der Waals surface area contributed by atoms with Crippen molar-refractivity contribution in [2.24, 2.45) is 5.92 Å². The third-order valence-corrected chi connectivity index (χ3v) is 3.64. The Kier molecular flexibility index (Phi) is 4.51. The van der Waals surface area contributed by atoms with Crippen molar-refractivity contribution in [2.75, 3.05) is 5.32 Å². The van der Waals surface area contributed by atoms with E-state index < -0.39 is 18.0 Å². The summed E-state index contributed by atoms with van der Waals surface area (Å²) < 4.78 is 10.3. The molecular weight excluding hydrogens is 324 g/mol. The summed E-state index contributed by atoms with van der Waals surface area (Å²) in [6.07, 6.45) is -0.986. The number of H-pyrrole nitrogens is 1. The van der Waals surface area contributed by atoms with Crippen LogP contribution in [0.5, 0.6) is 0 Å². The number of esters is 1. The van der Waals surface area contributed by atoms with E-state index in [0.29, 0.717) is 11.1 Å². The fraction of sp³-hybridized carbons (Fsp3) is 0.294. The molecule has 1 aromatic carbocycles. The predicted octanol–water partition coefficient (Wildman–Crippen LogP) is 2.68. The summed E-state index contributed by atoms with van der Waals surface area (Å²) >= 11 is 0. The second-order valence-electron chi connectivity index (χ2n) is 6.00. The van der Waals surface area contributed by atoms with E-state index >= 15 is 0 Å². The first-order chi connectivity index (χ1) is 12.0. The number of amides is 1. The first-order valence-electron chi connectivity index (χ1n) is 7.84. The Balaban J connectivity index is 1.77. The molecule has 2 N–H and O–H groups in total. The first kappa shape index (κ1) is 16.7. The Morgan fingerprint density at radius 2 is 2.04 bits per heavy atom. The number of anilines is 1. The third kappa shape index (κ3) is 3.52. The summed E-state index contributed by atoms with van der Waals surface area (Å²) in [5.41, 5.74) is 0.865. The molecule has 0 spiro atoms. The molecular formula is C17H18N4O4. The van der Waals surface area contributed by atoms with Crippen molar-refractivity contribution in [1.82, 2.24) is 15.4 Å². The summed E-state index contributed by atoms with van der Waals surface area (Å²) in [7, 11) is 0. The molecule has 1 amide bonds. The van der Waals surface area contributed by atoms with Crippen molar-refractivity contribution in [2.45, 2.75) is 26.9 Å². The van der Waals surface area contributed by atoms with E-state index in [4.69, 9.17) is 9.26 Å². The zero-order valence-corrected chi connectivity index (χ0v) is 14.1. The standard InChI is InChI=1S/C17H18N4O4/c1-9(2)15(16(22)18-13-8-10(3)25-21-13)24-17(23)14-11-6-4-5-7-12(11)19-20-14/h4-9,15H,1-3H3,(H,19,20)(H,18,21,22). The number of aromatic amines is 1. The van der Waals surface area contributed by atoms with Gasteiger partial charge in [0.25, 0.3) is 5.91 Å². The van der Waals surface area contributed by atoms with Gasteiger partial charge in [-0.3, -0.25) is 9.89 Å². The highest BCUT2D eigenvalue weighted by molar-refractivity contribution is 6.03. The Morgan fingerprint density at radius 3 is 2.72 bits per heavy atom. The number of hydrogen-bond acceptors (Lipinski definition) is 6. The van der Waals surface area contributed by atoms with Crippen LogP contribution in [0.1, 0.15) is 30.1 Å². The summed E-state index contributed by atoms with van der Waals surface area (Å²) in [5.74, 6) is -0.535. The molecule has 2 heterocycles. The molecule has 0 aliphatic rings. The van der Waals surface area contributed by atoms with Gasteiger partial charge in [0, 0.05) is 11.5 Å². The molecule has 3 aromatic rings. The number of fused-ring (bicyclic) bond motifs is 1. The number of rotatable bonds is 5. The number of carbonyl (C=O) groups is 2. The van der Waals surface area contributed by atoms with Crippen molar-refractivity contribution < 1.29 is 18.8 Å². The average molecular weight is 342 g/mol. The number of benzene rings is 1. The molecule has 2 aromatic heterocycles. The quantitative estimate of drug-likeness (QED) is 0.690. The van der Waals surface area contributed by atoms with E-state index in [1.807, 2.05) is 6.07 Å². The van der Waals surface area contributed by atoms with Crippen LogP contribution >= 0.6 is 0 Å². The Labute approximate surface area is 143 Å². The molecule has 3 rings (SSSR count). The van der Waals surface area contributed by atoms with Crippen LogP contribution in [0.15, 0.2) is 34.9 Å². The van der Waals surface area contributed by atoms with Gasteiger partial charge in [-0.15, -0.1) is 0 Å². The van der Waals surface area contributed by atoms with E-state index in [1.165, 1.54) is 0 Å². The molecule has 0 saturated heterocycles. The Morgan fingerprint density at radius 1 is 1.28 bits per heavy atom.